The summed E-state index contributed by atoms with van der Waals surface area (Å²) in [6.07, 6.45) is 0.562. The standard InChI is InChI=1S/C12H13FN2O3S/c13-11-2-1-3-12(10(11)6-14)19(17,18)15-5-4-9(7-15)8-16/h1-3,9,16H,4-5,7-8H2. The van der Waals surface area contributed by atoms with E-state index in [1.54, 1.807) is 6.07 Å². The zero-order valence-corrected chi connectivity index (χ0v) is 10.9. The molecule has 0 aromatic heterocycles. The van der Waals surface area contributed by atoms with Crippen LogP contribution in [0.15, 0.2) is 23.1 Å². The van der Waals surface area contributed by atoms with Crippen LogP contribution in [0.3, 0.4) is 0 Å². The summed E-state index contributed by atoms with van der Waals surface area (Å²) in [5.74, 6) is -0.949. The second-order valence-corrected chi connectivity index (χ2v) is 6.33. The highest BCUT2D eigenvalue weighted by Gasteiger charge is 2.34. The zero-order valence-electron chi connectivity index (χ0n) is 10.1. The molecule has 0 aliphatic carbocycles. The smallest absolute Gasteiger partial charge is 0.244 e. The highest BCUT2D eigenvalue weighted by molar-refractivity contribution is 7.89. The lowest BCUT2D eigenvalue weighted by Gasteiger charge is -2.17. The molecule has 5 nitrogen and oxygen atoms in total. The van der Waals surface area contributed by atoms with Gasteiger partial charge in [0, 0.05) is 19.7 Å². The third-order valence-electron chi connectivity index (χ3n) is 3.21. The van der Waals surface area contributed by atoms with Crippen molar-refractivity contribution >= 4 is 10.0 Å². The zero-order chi connectivity index (χ0) is 14.0. The van der Waals surface area contributed by atoms with E-state index in [-0.39, 0.29) is 30.5 Å². The Morgan fingerprint density at radius 1 is 1.53 bits per heavy atom. The van der Waals surface area contributed by atoms with Crippen molar-refractivity contribution in [2.24, 2.45) is 5.92 Å². The lowest BCUT2D eigenvalue weighted by atomic mass is 10.1. The van der Waals surface area contributed by atoms with Crippen molar-refractivity contribution in [3.8, 4) is 6.07 Å². The van der Waals surface area contributed by atoms with Crippen LogP contribution in [-0.4, -0.2) is 37.5 Å². The minimum absolute atomic E-state index is 0.0831. The second-order valence-electron chi connectivity index (χ2n) is 4.43. The minimum atomic E-state index is -3.89. The van der Waals surface area contributed by atoms with Gasteiger partial charge in [0.2, 0.25) is 10.0 Å². The molecule has 0 saturated carbocycles. The van der Waals surface area contributed by atoms with E-state index < -0.39 is 21.4 Å². The normalized spacial score (nSPS) is 20.4. The molecule has 1 heterocycles. The van der Waals surface area contributed by atoms with E-state index in [2.05, 4.69) is 0 Å². The Balaban J connectivity index is 2.42. The minimum Gasteiger partial charge on any atom is -0.396 e. The number of rotatable bonds is 3. The van der Waals surface area contributed by atoms with Crippen LogP contribution in [0, 0.1) is 23.1 Å². The van der Waals surface area contributed by atoms with Gasteiger partial charge < -0.3 is 5.11 Å². The van der Waals surface area contributed by atoms with Crippen LogP contribution < -0.4 is 0 Å². The van der Waals surface area contributed by atoms with Crippen LogP contribution in [0.4, 0.5) is 4.39 Å². The van der Waals surface area contributed by atoms with Gasteiger partial charge in [-0.15, -0.1) is 0 Å². The maximum absolute atomic E-state index is 13.5. The number of hydrogen-bond donors (Lipinski definition) is 1. The van der Waals surface area contributed by atoms with E-state index >= 15 is 0 Å². The molecule has 1 N–H and O–H groups in total. The van der Waals surface area contributed by atoms with Gasteiger partial charge >= 0.3 is 0 Å². The predicted molar refractivity (Wildman–Crippen MR) is 65.1 cm³/mol. The molecule has 0 amide bonds. The summed E-state index contributed by atoms with van der Waals surface area (Å²) in [4.78, 5) is -0.311. The van der Waals surface area contributed by atoms with Gasteiger partial charge in [0.05, 0.1) is 0 Å². The van der Waals surface area contributed by atoms with E-state index in [4.69, 9.17) is 10.4 Å². The van der Waals surface area contributed by atoms with Gasteiger partial charge in [0.15, 0.2) is 0 Å². The lowest BCUT2D eigenvalue weighted by molar-refractivity contribution is 0.233. The summed E-state index contributed by atoms with van der Waals surface area (Å²) < 4.78 is 39.4. The largest absolute Gasteiger partial charge is 0.396 e. The lowest BCUT2D eigenvalue weighted by Crippen LogP contribution is -2.30. The maximum atomic E-state index is 13.5. The van der Waals surface area contributed by atoms with Gasteiger partial charge in [0.25, 0.3) is 0 Å². The molecule has 1 unspecified atom stereocenters. The summed E-state index contributed by atoms with van der Waals surface area (Å²) in [5.41, 5.74) is -0.463. The van der Waals surface area contributed by atoms with Gasteiger partial charge in [0.1, 0.15) is 22.3 Å². The fourth-order valence-electron chi connectivity index (χ4n) is 2.13. The summed E-state index contributed by atoms with van der Waals surface area (Å²) in [7, 11) is -3.89. The van der Waals surface area contributed by atoms with E-state index in [0.717, 1.165) is 6.07 Å². The van der Waals surface area contributed by atoms with Crippen molar-refractivity contribution in [2.45, 2.75) is 11.3 Å². The third kappa shape index (κ3) is 2.47. The first kappa shape index (κ1) is 13.9. The molecule has 19 heavy (non-hydrogen) atoms. The van der Waals surface area contributed by atoms with Gasteiger partial charge in [-0.25, -0.2) is 12.8 Å². The summed E-state index contributed by atoms with van der Waals surface area (Å²) in [6, 6.07) is 5.13. The highest BCUT2D eigenvalue weighted by Crippen LogP contribution is 2.26. The molecule has 1 saturated heterocycles. The third-order valence-corrected chi connectivity index (χ3v) is 5.12. The fourth-order valence-corrected chi connectivity index (χ4v) is 3.81. The summed E-state index contributed by atoms with van der Waals surface area (Å²) in [5, 5.41) is 17.9. The Labute approximate surface area is 110 Å². The SMILES string of the molecule is N#Cc1c(F)cccc1S(=O)(=O)N1CCC(CO)C1. The Hall–Kier alpha value is -1.49. The Bertz CT molecular complexity index is 624. The first-order valence-electron chi connectivity index (χ1n) is 5.80. The molecule has 102 valence electrons. The van der Waals surface area contributed by atoms with E-state index in [1.165, 1.54) is 16.4 Å². The molecule has 1 atom stereocenters. The average molecular weight is 284 g/mol. The van der Waals surface area contributed by atoms with Gasteiger partial charge in [-0.05, 0) is 24.5 Å². The number of aliphatic hydroxyl groups excluding tert-OH is 1. The monoisotopic (exact) mass is 284 g/mol. The number of aliphatic hydroxyl groups is 1. The maximum Gasteiger partial charge on any atom is 0.244 e. The molecule has 0 bridgehead atoms. The quantitative estimate of drug-likeness (QED) is 0.886. The molecule has 1 aliphatic rings. The number of nitriles is 1. The topological polar surface area (TPSA) is 81.4 Å². The molecule has 2 rings (SSSR count). The van der Waals surface area contributed by atoms with Gasteiger partial charge in [-0.3, -0.25) is 0 Å². The molecule has 1 aromatic rings. The Kier molecular flexibility index (Phi) is 3.85. The van der Waals surface area contributed by atoms with Crippen LogP contribution in [0.25, 0.3) is 0 Å². The summed E-state index contributed by atoms with van der Waals surface area (Å²) >= 11 is 0. The van der Waals surface area contributed by atoms with Gasteiger partial charge in [-0.1, -0.05) is 6.07 Å². The van der Waals surface area contributed by atoms with Crippen molar-refractivity contribution in [3.63, 3.8) is 0 Å². The molecule has 0 radical (unpaired) electrons. The molecular weight excluding hydrogens is 271 g/mol. The molecule has 7 heteroatoms. The first-order chi connectivity index (χ1) is 9.00. The number of benzene rings is 1. The van der Waals surface area contributed by atoms with Crippen LogP contribution in [0.5, 0.6) is 0 Å². The molecular formula is C12H13FN2O3S. The average Bonchev–Trinajstić information content (AvgIpc) is 2.87. The second kappa shape index (κ2) is 5.25. The Morgan fingerprint density at radius 2 is 2.26 bits per heavy atom. The molecule has 1 aromatic carbocycles. The van der Waals surface area contributed by atoms with Crippen LogP contribution >= 0.6 is 0 Å². The van der Waals surface area contributed by atoms with Gasteiger partial charge in [-0.2, -0.15) is 9.57 Å². The number of nitrogens with zero attached hydrogens (tertiary/aromatic N) is 2. The van der Waals surface area contributed by atoms with E-state index in [0.29, 0.717) is 6.42 Å². The van der Waals surface area contributed by atoms with Crippen LogP contribution in [-0.2, 0) is 10.0 Å². The van der Waals surface area contributed by atoms with E-state index in [9.17, 15) is 12.8 Å². The predicted octanol–water partition coefficient (Wildman–Crippen LogP) is 0.700. The van der Waals surface area contributed by atoms with Crippen LogP contribution in [0.2, 0.25) is 0 Å². The highest BCUT2D eigenvalue weighted by atomic mass is 32.2. The first-order valence-corrected chi connectivity index (χ1v) is 7.24. The summed E-state index contributed by atoms with van der Waals surface area (Å²) in [6.45, 7) is 0.384. The van der Waals surface area contributed by atoms with E-state index in [1.807, 2.05) is 0 Å². The molecule has 1 aliphatic heterocycles. The number of halogens is 1. The van der Waals surface area contributed by atoms with Crippen molar-refractivity contribution in [1.29, 1.82) is 5.26 Å². The van der Waals surface area contributed by atoms with Crippen LogP contribution in [0.1, 0.15) is 12.0 Å². The van der Waals surface area contributed by atoms with Crippen molar-refractivity contribution < 1.29 is 17.9 Å². The molecule has 1 fully saturated rings. The number of hydrogen-bond acceptors (Lipinski definition) is 4. The number of sulfonamides is 1. The van der Waals surface area contributed by atoms with Crippen molar-refractivity contribution in [2.75, 3.05) is 19.7 Å². The molecule has 0 spiro atoms. The van der Waals surface area contributed by atoms with Crippen molar-refractivity contribution in [3.05, 3.63) is 29.6 Å². The Morgan fingerprint density at radius 3 is 2.84 bits per heavy atom. The fraction of sp³-hybridized carbons (Fsp3) is 0.417. The van der Waals surface area contributed by atoms with Crippen molar-refractivity contribution in [1.82, 2.24) is 4.31 Å².